The Kier molecular flexibility index (Phi) is 4.67. The molecule has 0 aliphatic heterocycles. The normalized spacial score (nSPS) is 11.8. The Labute approximate surface area is 132 Å². The van der Waals surface area contributed by atoms with Crippen molar-refractivity contribution in [1.29, 1.82) is 0 Å². The first-order valence-corrected chi connectivity index (χ1v) is 7.76. The van der Waals surface area contributed by atoms with Crippen LogP contribution in [0.5, 0.6) is 0 Å². The van der Waals surface area contributed by atoms with Crippen LogP contribution in [0.4, 0.5) is 0 Å². The van der Waals surface area contributed by atoms with Gasteiger partial charge in [-0.05, 0) is 34.4 Å². The Balaban J connectivity index is 1.70. The zero-order valence-corrected chi connectivity index (χ0v) is 12.9. The van der Waals surface area contributed by atoms with E-state index in [9.17, 15) is 0 Å². The topological polar surface area (TPSA) is 12.0 Å². The van der Waals surface area contributed by atoms with E-state index in [0.29, 0.717) is 0 Å². The summed E-state index contributed by atoms with van der Waals surface area (Å²) in [7, 11) is 0. The fourth-order valence-electron chi connectivity index (χ4n) is 2.80. The lowest BCUT2D eigenvalue weighted by Gasteiger charge is -2.11. The molecule has 0 unspecified atom stereocenters. The molecule has 0 aliphatic carbocycles. The minimum atomic E-state index is 0.879. The summed E-state index contributed by atoms with van der Waals surface area (Å²) in [5.41, 5.74) is 3.97. The van der Waals surface area contributed by atoms with Gasteiger partial charge in [0, 0.05) is 13.1 Å². The van der Waals surface area contributed by atoms with Crippen LogP contribution in [0.3, 0.4) is 0 Å². The first-order valence-electron chi connectivity index (χ1n) is 7.76. The first kappa shape index (κ1) is 14.6. The number of hydrogen-bond donors (Lipinski definition) is 1. The van der Waals surface area contributed by atoms with Crippen molar-refractivity contribution in [3.63, 3.8) is 0 Å². The maximum absolute atomic E-state index is 3.58. The number of benzene rings is 3. The Morgan fingerprint density at radius 3 is 2.41 bits per heavy atom. The summed E-state index contributed by atoms with van der Waals surface area (Å²) in [6, 6.07) is 25.6. The third kappa shape index (κ3) is 3.26. The molecule has 1 N–H and O–H groups in total. The number of fused-ring (bicyclic) bond motifs is 1. The quantitative estimate of drug-likeness (QED) is 0.693. The Morgan fingerprint density at radius 1 is 0.864 bits per heavy atom. The van der Waals surface area contributed by atoms with E-state index in [1.165, 1.54) is 27.5 Å². The second kappa shape index (κ2) is 7.06. The van der Waals surface area contributed by atoms with Crippen LogP contribution in [0.2, 0.25) is 0 Å². The predicted molar refractivity (Wildman–Crippen MR) is 95.7 cm³/mol. The average molecular weight is 287 g/mol. The van der Waals surface area contributed by atoms with Gasteiger partial charge in [-0.3, -0.25) is 0 Å². The minimum Gasteiger partial charge on any atom is -0.309 e. The lowest BCUT2D eigenvalue weighted by atomic mass is 10.0. The lowest BCUT2D eigenvalue weighted by molar-refractivity contribution is 0.771. The van der Waals surface area contributed by atoms with Crippen molar-refractivity contribution < 1.29 is 0 Å². The van der Waals surface area contributed by atoms with E-state index >= 15 is 0 Å². The van der Waals surface area contributed by atoms with Crippen LogP contribution < -0.4 is 5.32 Å². The molecule has 3 rings (SSSR count). The van der Waals surface area contributed by atoms with Crippen LogP contribution in [0, 0.1) is 0 Å². The molecule has 0 atom stereocenters. The van der Waals surface area contributed by atoms with Crippen molar-refractivity contribution in [2.75, 3.05) is 6.54 Å². The third-order valence-corrected chi connectivity index (χ3v) is 4.00. The molecule has 1 heteroatoms. The van der Waals surface area contributed by atoms with Gasteiger partial charge in [-0.1, -0.05) is 78.9 Å². The van der Waals surface area contributed by atoms with Gasteiger partial charge in [0.15, 0.2) is 0 Å². The highest BCUT2D eigenvalue weighted by atomic mass is 14.8. The van der Waals surface area contributed by atoms with Gasteiger partial charge < -0.3 is 5.32 Å². The van der Waals surface area contributed by atoms with E-state index in [4.69, 9.17) is 0 Å². The summed E-state index contributed by atoms with van der Waals surface area (Å²) in [6.45, 7) is 3.86. The number of allylic oxidation sites excluding steroid dienone is 1. The molecule has 0 amide bonds. The maximum atomic E-state index is 3.58. The molecule has 0 radical (unpaired) electrons. The van der Waals surface area contributed by atoms with Gasteiger partial charge >= 0.3 is 0 Å². The molecular weight excluding hydrogens is 266 g/mol. The molecule has 0 aliphatic rings. The standard InChI is InChI=1S/C21H21N/c1-2-17(18-9-4-3-5-10-18)15-22-16-20-13-8-12-19-11-6-7-14-21(19)20/h2-14,22H,15-16H2,1H3. The van der Waals surface area contributed by atoms with Gasteiger partial charge in [0.2, 0.25) is 0 Å². The smallest absolute Gasteiger partial charge is 0.0214 e. The van der Waals surface area contributed by atoms with E-state index in [1.807, 2.05) is 0 Å². The van der Waals surface area contributed by atoms with Crippen molar-refractivity contribution in [3.8, 4) is 0 Å². The molecule has 0 fully saturated rings. The molecule has 110 valence electrons. The van der Waals surface area contributed by atoms with Crippen molar-refractivity contribution in [1.82, 2.24) is 5.32 Å². The van der Waals surface area contributed by atoms with Crippen molar-refractivity contribution in [3.05, 3.63) is 90.0 Å². The maximum Gasteiger partial charge on any atom is 0.0214 e. The van der Waals surface area contributed by atoms with Crippen LogP contribution in [0.25, 0.3) is 16.3 Å². The molecular formula is C21H21N. The fourth-order valence-corrected chi connectivity index (χ4v) is 2.80. The van der Waals surface area contributed by atoms with E-state index in [0.717, 1.165) is 13.1 Å². The summed E-state index contributed by atoms with van der Waals surface area (Å²) in [6.07, 6.45) is 2.19. The number of nitrogens with one attached hydrogen (secondary N) is 1. The third-order valence-electron chi connectivity index (χ3n) is 4.00. The Morgan fingerprint density at radius 2 is 1.59 bits per heavy atom. The molecule has 0 saturated heterocycles. The van der Waals surface area contributed by atoms with Crippen molar-refractivity contribution in [2.24, 2.45) is 0 Å². The molecule has 0 bridgehead atoms. The van der Waals surface area contributed by atoms with E-state index in [2.05, 4.69) is 91.1 Å². The average Bonchev–Trinajstić information content (AvgIpc) is 2.59. The molecule has 3 aromatic rings. The van der Waals surface area contributed by atoms with Gasteiger partial charge in [0.05, 0.1) is 0 Å². The zero-order valence-electron chi connectivity index (χ0n) is 12.9. The Hall–Kier alpha value is -2.38. The molecule has 22 heavy (non-hydrogen) atoms. The fraction of sp³-hybridized carbons (Fsp3) is 0.143. The highest BCUT2D eigenvalue weighted by Crippen LogP contribution is 2.19. The molecule has 1 nitrogen and oxygen atoms in total. The van der Waals surface area contributed by atoms with Gasteiger partial charge in [-0.15, -0.1) is 0 Å². The van der Waals surface area contributed by atoms with Gasteiger partial charge in [0.25, 0.3) is 0 Å². The molecule has 0 aromatic heterocycles. The van der Waals surface area contributed by atoms with Gasteiger partial charge in [0.1, 0.15) is 0 Å². The number of rotatable bonds is 5. The monoisotopic (exact) mass is 287 g/mol. The van der Waals surface area contributed by atoms with E-state index in [1.54, 1.807) is 0 Å². The minimum absolute atomic E-state index is 0.879. The van der Waals surface area contributed by atoms with Gasteiger partial charge in [-0.25, -0.2) is 0 Å². The van der Waals surface area contributed by atoms with E-state index < -0.39 is 0 Å². The first-order chi connectivity index (χ1) is 10.9. The van der Waals surface area contributed by atoms with Crippen LogP contribution in [0.1, 0.15) is 18.1 Å². The second-order valence-corrected chi connectivity index (χ2v) is 5.42. The summed E-state index contributed by atoms with van der Waals surface area (Å²) in [5, 5.41) is 6.21. The van der Waals surface area contributed by atoms with Crippen LogP contribution >= 0.6 is 0 Å². The van der Waals surface area contributed by atoms with E-state index in [-0.39, 0.29) is 0 Å². The second-order valence-electron chi connectivity index (χ2n) is 5.42. The highest BCUT2D eigenvalue weighted by molar-refractivity contribution is 5.85. The summed E-state index contributed by atoms with van der Waals surface area (Å²) in [5.74, 6) is 0. The molecule has 3 aromatic carbocycles. The van der Waals surface area contributed by atoms with Crippen molar-refractivity contribution >= 4 is 16.3 Å². The SMILES string of the molecule is CC=C(CNCc1cccc2ccccc12)c1ccccc1. The van der Waals surface area contributed by atoms with Gasteiger partial charge in [-0.2, -0.15) is 0 Å². The highest BCUT2D eigenvalue weighted by Gasteiger charge is 2.02. The Bertz CT molecular complexity index is 767. The summed E-state index contributed by atoms with van der Waals surface area (Å²) < 4.78 is 0. The largest absolute Gasteiger partial charge is 0.309 e. The van der Waals surface area contributed by atoms with Crippen molar-refractivity contribution in [2.45, 2.75) is 13.5 Å². The predicted octanol–water partition coefficient (Wildman–Crippen LogP) is 5.03. The molecule has 0 saturated carbocycles. The molecule has 0 spiro atoms. The lowest BCUT2D eigenvalue weighted by Crippen LogP contribution is -2.16. The summed E-state index contributed by atoms with van der Waals surface area (Å²) >= 11 is 0. The summed E-state index contributed by atoms with van der Waals surface area (Å²) in [4.78, 5) is 0. The van der Waals surface area contributed by atoms with Crippen LogP contribution in [0.15, 0.2) is 78.9 Å². The van der Waals surface area contributed by atoms with Crippen LogP contribution in [-0.2, 0) is 6.54 Å². The number of hydrogen-bond acceptors (Lipinski definition) is 1. The molecule has 0 heterocycles. The van der Waals surface area contributed by atoms with Crippen LogP contribution in [-0.4, -0.2) is 6.54 Å². The zero-order chi connectivity index (χ0) is 15.2.